The Hall–Kier alpha value is -0.316. The van der Waals surface area contributed by atoms with E-state index in [2.05, 4.69) is 96.7 Å². The zero-order valence-corrected chi connectivity index (χ0v) is 26.4. The molecule has 7 heteroatoms. The molecule has 1 N–H and O–H groups in total. The molecule has 0 saturated carbocycles. The van der Waals surface area contributed by atoms with Crippen LogP contribution in [0.25, 0.3) is 0 Å². The van der Waals surface area contributed by atoms with Gasteiger partial charge in [0.05, 0.1) is 34.5 Å². The highest BCUT2D eigenvalue weighted by Crippen LogP contribution is 2.39. The fourth-order valence-corrected chi connectivity index (χ4v) is 5.95. The van der Waals surface area contributed by atoms with Crippen molar-refractivity contribution in [1.82, 2.24) is 4.72 Å². The smallest absolute Gasteiger partial charge is 0.192 e. The van der Waals surface area contributed by atoms with Gasteiger partial charge in [0.25, 0.3) is 0 Å². The van der Waals surface area contributed by atoms with Gasteiger partial charge in [-0.05, 0) is 69.0 Å². The van der Waals surface area contributed by atoms with Crippen molar-refractivity contribution >= 4 is 27.6 Å². The van der Waals surface area contributed by atoms with Crippen LogP contribution in [0.2, 0.25) is 36.3 Å². The Morgan fingerprint density at radius 3 is 1.76 bits per heavy atom. The van der Waals surface area contributed by atoms with Crippen molar-refractivity contribution in [3.8, 4) is 0 Å². The average Bonchev–Trinajstić information content (AvgIpc) is 2.62. The van der Waals surface area contributed by atoms with Gasteiger partial charge in [0, 0.05) is 0 Å². The van der Waals surface area contributed by atoms with Crippen LogP contribution in [0, 0.1) is 0 Å². The molecule has 0 heterocycles. The molecule has 0 bridgehead atoms. The van der Waals surface area contributed by atoms with Crippen molar-refractivity contribution in [3.63, 3.8) is 0 Å². The molecular weight excluding hydrogens is 463 g/mol. The Bertz CT molecular complexity index is 762. The van der Waals surface area contributed by atoms with E-state index >= 15 is 0 Å². The second kappa shape index (κ2) is 11.2. The molecule has 1 aromatic rings. The summed E-state index contributed by atoms with van der Waals surface area (Å²) < 4.78 is 30.0. The zero-order chi connectivity index (χ0) is 25.9. The van der Waals surface area contributed by atoms with Gasteiger partial charge in [0.15, 0.2) is 16.6 Å². The van der Waals surface area contributed by atoms with Crippen LogP contribution in [0.5, 0.6) is 0 Å². The molecule has 0 radical (unpaired) electrons. The molecule has 0 fully saturated rings. The Balaban J connectivity index is 3.37. The SMILES string of the molecule is CC(C)(C)S(=O)N[C@H](Cc1ccccc1)[C@@H](CO[Si](C)(C)C(C)(C)C)O[Si](C)(C)C(C)(C)C. The van der Waals surface area contributed by atoms with E-state index in [4.69, 9.17) is 8.85 Å². The van der Waals surface area contributed by atoms with Gasteiger partial charge in [-0.15, -0.1) is 0 Å². The van der Waals surface area contributed by atoms with Crippen molar-refractivity contribution in [2.24, 2.45) is 0 Å². The molecular formula is C26H51NO3SSi2. The van der Waals surface area contributed by atoms with E-state index in [0.717, 1.165) is 6.42 Å². The highest BCUT2D eigenvalue weighted by molar-refractivity contribution is 7.84. The molecule has 1 aromatic carbocycles. The van der Waals surface area contributed by atoms with Crippen molar-refractivity contribution in [2.75, 3.05) is 6.61 Å². The molecule has 1 rings (SSSR count). The van der Waals surface area contributed by atoms with Crippen LogP contribution in [-0.4, -0.2) is 44.3 Å². The molecule has 0 aliphatic rings. The third kappa shape index (κ3) is 9.34. The number of rotatable bonds is 10. The summed E-state index contributed by atoms with van der Waals surface area (Å²) in [4.78, 5) is 0. The number of benzene rings is 1. The first-order valence-electron chi connectivity index (χ1n) is 12.2. The Labute approximate surface area is 209 Å². The third-order valence-electron chi connectivity index (χ3n) is 7.23. The van der Waals surface area contributed by atoms with Crippen LogP contribution in [0.3, 0.4) is 0 Å². The Kier molecular flexibility index (Phi) is 10.4. The lowest BCUT2D eigenvalue weighted by atomic mass is 10.0. The summed E-state index contributed by atoms with van der Waals surface area (Å²) >= 11 is 0. The summed E-state index contributed by atoms with van der Waals surface area (Å²) in [6.07, 6.45) is 0.550. The van der Waals surface area contributed by atoms with E-state index in [0.29, 0.717) is 6.61 Å². The van der Waals surface area contributed by atoms with Gasteiger partial charge >= 0.3 is 0 Å². The van der Waals surface area contributed by atoms with Crippen molar-refractivity contribution < 1.29 is 13.1 Å². The van der Waals surface area contributed by atoms with Crippen molar-refractivity contribution in [3.05, 3.63) is 35.9 Å². The van der Waals surface area contributed by atoms with Crippen LogP contribution in [0.15, 0.2) is 30.3 Å². The largest absolute Gasteiger partial charge is 0.414 e. The Morgan fingerprint density at radius 1 is 0.848 bits per heavy atom. The first kappa shape index (κ1) is 30.7. The van der Waals surface area contributed by atoms with Crippen molar-refractivity contribution in [2.45, 2.75) is 122 Å². The molecule has 0 aromatic heterocycles. The number of hydrogen-bond donors (Lipinski definition) is 1. The van der Waals surface area contributed by atoms with Crippen LogP contribution in [-0.2, 0) is 26.3 Å². The van der Waals surface area contributed by atoms with Gasteiger partial charge in [-0.3, -0.25) is 0 Å². The Morgan fingerprint density at radius 2 is 1.33 bits per heavy atom. The van der Waals surface area contributed by atoms with E-state index in [1.165, 1.54) is 5.56 Å². The average molecular weight is 514 g/mol. The monoisotopic (exact) mass is 513 g/mol. The number of hydrogen-bond acceptors (Lipinski definition) is 3. The molecule has 0 amide bonds. The van der Waals surface area contributed by atoms with Crippen LogP contribution < -0.4 is 4.72 Å². The molecule has 1 unspecified atom stereocenters. The van der Waals surface area contributed by atoms with Gasteiger partial charge in [0.2, 0.25) is 0 Å². The quantitative estimate of drug-likeness (QED) is 0.341. The van der Waals surface area contributed by atoms with Crippen LogP contribution in [0.4, 0.5) is 0 Å². The minimum atomic E-state index is -2.09. The summed E-state index contributed by atoms with van der Waals surface area (Å²) in [6.45, 7) is 29.2. The molecule has 0 aliphatic heterocycles. The molecule has 0 saturated heterocycles. The molecule has 4 nitrogen and oxygen atoms in total. The van der Waals surface area contributed by atoms with Crippen LogP contribution in [0.1, 0.15) is 67.9 Å². The molecule has 0 spiro atoms. The number of nitrogens with one attached hydrogen (secondary N) is 1. The first-order chi connectivity index (χ1) is 14.7. The maximum atomic E-state index is 13.2. The summed E-state index contributed by atoms with van der Waals surface area (Å²) in [7, 11) is -5.27. The van der Waals surface area contributed by atoms with E-state index < -0.39 is 27.6 Å². The predicted octanol–water partition coefficient (Wildman–Crippen LogP) is 7.06. The van der Waals surface area contributed by atoms with E-state index in [-0.39, 0.29) is 27.0 Å². The first-order valence-corrected chi connectivity index (χ1v) is 19.2. The highest BCUT2D eigenvalue weighted by atomic mass is 32.2. The summed E-state index contributed by atoms with van der Waals surface area (Å²) in [5.74, 6) is 0. The lowest BCUT2D eigenvalue weighted by molar-refractivity contribution is 0.0823. The van der Waals surface area contributed by atoms with Gasteiger partial charge in [-0.1, -0.05) is 71.9 Å². The topological polar surface area (TPSA) is 47.6 Å². The summed E-state index contributed by atoms with van der Waals surface area (Å²) in [5, 5.41) is 0.188. The molecule has 0 aliphatic carbocycles. The lowest BCUT2D eigenvalue weighted by Gasteiger charge is -2.44. The fourth-order valence-electron chi connectivity index (χ4n) is 2.73. The van der Waals surface area contributed by atoms with E-state index in [9.17, 15) is 4.21 Å². The van der Waals surface area contributed by atoms with Crippen molar-refractivity contribution in [1.29, 1.82) is 0 Å². The lowest BCUT2D eigenvalue weighted by Crippen LogP contribution is -2.56. The minimum Gasteiger partial charge on any atom is -0.414 e. The van der Waals surface area contributed by atoms with E-state index in [1.807, 2.05) is 26.8 Å². The summed E-state index contributed by atoms with van der Waals surface area (Å²) in [5.41, 5.74) is 1.21. The fraction of sp³-hybridized carbons (Fsp3) is 0.769. The maximum Gasteiger partial charge on any atom is 0.192 e. The molecule has 3 atom stereocenters. The third-order valence-corrected chi connectivity index (χ3v) is 17.9. The molecule has 33 heavy (non-hydrogen) atoms. The zero-order valence-electron chi connectivity index (χ0n) is 23.6. The second-order valence-electron chi connectivity index (χ2n) is 13.3. The van der Waals surface area contributed by atoms with Gasteiger partial charge in [-0.2, -0.15) is 0 Å². The van der Waals surface area contributed by atoms with Crippen LogP contribution >= 0.6 is 0 Å². The normalized spacial score (nSPS) is 17.0. The standard InChI is InChI=1S/C26H51NO3SSi2/c1-24(2,3)31(28)27-22(19-21-17-15-14-16-18-21)23(30-33(12,13)26(7,8)9)20-29-32(10,11)25(4,5)6/h14-18,22-23,27H,19-20H2,1-13H3/t22-,23-,31?/m1/s1. The van der Waals surface area contributed by atoms with E-state index in [1.54, 1.807) is 0 Å². The second-order valence-corrected chi connectivity index (χ2v) is 24.8. The highest BCUT2D eigenvalue weighted by Gasteiger charge is 2.43. The predicted molar refractivity (Wildman–Crippen MR) is 150 cm³/mol. The minimum absolute atomic E-state index is 0.0721. The van der Waals surface area contributed by atoms with Gasteiger partial charge in [0.1, 0.15) is 0 Å². The van der Waals surface area contributed by atoms with Gasteiger partial charge < -0.3 is 8.85 Å². The van der Waals surface area contributed by atoms with Gasteiger partial charge in [-0.25, -0.2) is 8.93 Å². The molecule has 192 valence electrons. The maximum absolute atomic E-state index is 13.2. The summed E-state index contributed by atoms with van der Waals surface area (Å²) in [6, 6.07) is 10.3.